The van der Waals surface area contributed by atoms with Gasteiger partial charge in [-0.2, -0.15) is 11.8 Å². The van der Waals surface area contributed by atoms with Crippen molar-refractivity contribution in [3.8, 4) is 0 Å². The van der Waals surface area contributed by atoms with E-state index < -0.39 is 18.0 Å². The Morgan fingerprint density at radius 1 is 1.39 bits per heavy atom. The summed E-state index contributed by atoms with van der Waals surface area (Å²) in [5, 5.41) is 6.00. The number of primary amides is 1. The molecule has 0 bridgehead atoms. The molecule has 1 rings (SSSR count). The number of nitrogens with two attached hydrogens (primary N) is 1. The van der Waals surface area contributed by atoms with Gasteiger partial charge in [-0.25, -0.2) is 4.79 Å². The van der Waals surface area contributed by atoms with E-state index >= 15 is 0 Å². The molecule has 0 aliphatic heterocycles. The monoisotopic (exact) mass is 375 g/mol. The molecule has 0 unspecified atom stereocenters. The van der Waals surface area contributed by atoms with Crippen LogP contribution in [-0.4, -0.2) is 35.1 Å². The number of rotatable bonds is 6. The van der Waals surface area contributed by atoms with Crippen LogP contribution in [0.25, 0.3) is 0 Å². The molecule has 1 aromatic carbocycles. The number of benzene rings is 1. The van der Waals surface area contributed by atoms with Gasteiger partial charge in [0.1, 0.15) is 6.04 Å². The van der Waals surface area contributed by atoms with Crippen molar-refractivity contribution in [2.75, 3.05) is 17.3 Å². The van der Waals surface area contributed by atoms with Gasteiger partial charge in [-0.3, -0.25) is 15.6 Å². The molecule has 0 aromatic heterocycles. The minimum atomic E-state index is -0.758. The average Bonchev–Trinajstić information content (AvgIpc) is 2.48. The lowest BCUT2D eigenvalue weighted by atomic mass is 10.2. The Morgan fingerprint density at radius 3 is 2.74 bits per heavy atom. The fourth-order valence-corrected chi connectivity index (χ4v) is 2.44. The predicted octanol–water partition coefficient (Wildman–Crippen LogP) is 1.45. The number of nitrogens with one attached hydrogen (secondary N) is 4. The maximum Gasteiger partial charge on any atom is 0.312 e. The molecule has 0 saturated heterocycles. The van der Waals surface area contributed by atoms with Gasteiger partial charge in [0.15, 0.2) is 5.11 Å². The van der Waals surface area contributed by atoms with E-state index in [1.807, 2.05) is 6.26 Å². The standard InChI is InChI=1S/C13H18ClN5O2S2/c1-23-6-5-10(17-12(15)21)11(20)18-19-13(22)16-9-4-2-3-8(14)7-9/h2-4,7,10H,5-6H2,1H3,(H,18,20)(H3,15,17,21)(H2,16,19,22)/t10-/m1/s1. The third-order valence-electron chi connectivity index (χ3n) is 2.63. The quantitative estimate of drug-likeness (QED) is 0.380. The van der Waals surface area contributed by atoms with Crippen LogP contribution in [0.15, 0.2) is 24.3 Å². The molecule has 1 aromatic rings. The number of hydrogen-bond donors (Lipinski definition) is 5. The van der Waals surface area contributed by atoms with Crippen molar-refractivity contribution in [3.63, 3.8) is 0 Å². The Kier molecular flexibility index (Phi) is 8.52. The summed E-state index contributed by atoms with van der Waals surface area (Å²) in [5.74, 6) is 0.261. The molecule has 0 heterocycles. The Bertz CT molecular complexity index is 573. The number of halogens is 1. The molecule has 0 aliphatic rings. The zero-order chi connectivity index (χ0) is 17.2. The zero-order valence-electron chi connectivity index (χ0n) is 12.4. The molecule has 1 atom stereocenters. The summed E-state index contributed by atoms with van der Waals surface area (Å²) in [6, 6.07) is 5.47. The van der Waals surface area contributed by atoms with Crippen LogP contribution >= 0.6 is 35.6 Å². The molecule has 126 valence electrons. The summed E-state index contributed by atoms with van der Waals surface area (Å²) in [4.78, 5) is 23.0. The van der Waals surface area contributed by atoms with Crippen LogP contribution in [0, 0.1) is 0 Å². The number of amides is 3. The van der Waals surface area contributed by atoms with Gasteiger partial charge in [0, 0.05) is 10.7 Å². The molecule has 23 heavy (non-hydrogen) atoms. The van der Waals surface area contributed by atoms with Crippen LogP contribution in [-0.2, 0) is 4.79 Å². The van der Waals surface area contributed by atoms with Crippen LogP contribution in [0.2, 0.25) is 5.02 Å². The van der Waals surface area contributed by atoms with E-state index in [0.717, 1.165) is 0 Å². The molecule has 7 nitrogen and oxygen atoms in total. The van der Waals surface area contributed by atoms with Crippen LogP contribution in [0.4, 0.5) is 10.5 Å². The number of thioether (sulfide) groups is 1. The van der Waals surface area contributed by atoms with Crippen LogP contribution < -0.4 is 27.2 Å². The molecule has 3 amide bonds. The smallest absolute Gasteiger partial charge is 0.312 e. The summed E-state index contributed by atoms with van der Waals surface area (Å²) in [7, 11) is 0. The summed E-state index contributed by atoms with van der Waals surface area (Å²) in [5.41, 5.74) is 10.7. The van der Waals surface area contributed by atoms with Gasteiger partial charge >= 0.3 is 6.03 Å². The van der Waals surface area contributed by atoms with Gasteiger partial charge in [-0.1, -0.05) is 17.7 Å². The van der Waals surface area contributed by atoms with Crippen LogP contribution in [0.3, 0.4) is 0 Å². The van der Waals surface area contributed by atoms with Crippen molar-refractivity contribution < 1.29 is 9.59 Å². The molecular weight excluding hydrogens is 358 g/mol. The number of carbonyl (C=O) groups is 2. The third kappa shape index (κ3) is 7.91. The second-order valence-corrected chi connectivity index (χ2v) is 6.25. The lowest BCUT2D eigenvalue weighted by molar-refractivity contribution is -0.123. The maximum absolute atomic E-state index is 12.0. The van der Waals surface area contributed by atoms with E-state index in [4.69, 9.17) is 29.6 Å². The molecule has 0 spiro atoms. The fraction of sp³-hybridized carbons (Fsp3) is 0.308. The molecule has 0 aliphatic carbocycles. The number of hydrazine groups is 1. The van der Waals surface area contributed by atoms with Crippen LogP contribution in [0.1, 0.15) is 6.42 Å². The highest BCUT2D eigenvalue weighted by Crippen LogP contribution is 2.14. The average molecular weight is 376 g/mol. The topological polar surface area (TPSA) is 108 Å². The highest BCUT2D eigenvalue weighted by molar-refractivity contribution is 7.98. The number of hydrogen-bond acceptors (Lipinski definition) is 4. The van der Waals surface area contributed by atoms with E-state index in [1.165, 1.54) is 0 Å². The molecule has 0 radical (unpaired) electrons. The first-order valence-corrected chi connectivity index (χ1v) is 8.77. The predicted molar refractivity (Wildman–Crippen MR) is 98.5 cm³/mol. The van der Waals surface area contributed by atoms with Gasteiger partial charge < -0.3 is 16.4 Å². The maximum atomic E-state index is 12.0. The van der Waals surface area contributed by atoms with Crippen molar-refractivity contribution in [2.24, 2.45) is 5.73 Å². The highest BCUT2D eigenvalue weighted by Gasteiger charge is 2.19. The lowest BCUT2D eigenvalue weighted by Gasteiger charge is -2.18. The molecule has 0 saturated carbocycles. The summed E-state index contributed by atoms with van der Waals surface area (Å²) in [6.45, 7) is 0. The SMILES string of the molecule is CSCC[C@@H](NC(N)=O)C(=O)NNC(=S)Nc1cccc(Cl)c1. The number of urea groups is 1. The van der Waals surface area contributed by atoms with Gasteiger partial charge in [0.25, 0.3) is 5.91 Å². The fourth-order valence-electron chi connectivity index (χ4n) is 1.61. The lowest BCUT2D eigenvalue weighted by Crippen LogP contribution is -2.54. The Labute approximate surface area is 149 Å². The number of anilines is 1. The summed E-state index contributed by atoms with van der Waals surface area (Å²) < 4.78 is 0. The van der Waals surface area contributed by atoms with E-state index in [0.29, 0.717) is 22.9 Å². The minimum absolute atomic E-state index is 0.184. The Morgan fingerprint density at radius 2 is 2.13 bits per heavy atom. The van der Waals surface area contributed by atoms with Crippen molar-refractivity contribution in [3.05, 3.63) is 29.3 Å². The van der Waals surface area contributed by atoms with E-state index in [1.54, 1.807) is 36.0 Å². The largest absolute Gasteiger partial charge is 0.352 e. The third-order valence-corrected chi connectivity index (χ3v) is 3.71. The molecular formula is C13H18ClN5O2S2. The first-order valence-electron chi connectivity index (χ1n) is 6.59. The number of thiocarbonyl (C=S) groups is 1. The number of carbonyl (C=O) groups excluding carboxylic acids is 2. The van der Waals surface area contributed by atoms with E-state index in [2.05, 4.69) is 21.5 Å². The van der Waals surface area contributed by atoms with Crippen molar-refractivity contribution in [2.45, 2.75) is 12.5 Å². The molecule has 6 N–H and O–H groups in total. The van der Waals surface area contributed by atoms with Gasteiger partial charge in [0.05, 0.1) is 0 Å². The van der Waals surface area contributed by atoms with Crippen molar-refractivity contribution in [1.29, 1.82) is 0 Å². The minimum Gasteiger partial charge on any atom is -0.352 e. The first-order chi connectivity index (χ1) is 10.9. The highest BCUT2D eigenvalue weighted by atomic mass is 35.5. The normalized spacial score (nSPS) is 11.2. The second kappa shape index (κ2) is 10.1. The van der Waals surface area contributed by atoms with E-state index in [9.17, 15) is 9.59 Å². The van der Waals surface area contributed by atoms with Crippen LogP contribution in [0.5, 0.6) is 0 Å². The van der Waals surface area contributed by atoms with Crippen molar-refractivity contribution in [1.82, 2.24) is 16.2 Å². The Balaban J connectivity index is 2.48. The summed E-state index contributed by atoms with van der Waals surface area (Å²) in [6.07, 6.45) is 2.35. The first kappa shape index (κ1) is 19.3. The second-order valence-electron chi connectivity index (χ2n) is 4.42. The van der Waals surface area contributed by atoms with Gasteiger partial charge in [0.2, 0.25) is 0 Å². The van der Waals surface area contributed by atoms with Crippen molar-refractivity contribution >= 4 is 58.3 Å². The summed E-state index contributed by atoms with van der Waals surface area (Å²) >= 11 is 12.5. The molecule has 0 fully saturated rings. The Hall–Kier alpha value is -1.71. The van der Waals surface area contributed by atoms with E-state index in [-0.39, 0.29) is 5.11 Å². The zero-order valence-corrected chi connectivity index (χ0v) is 14.8. The van der Waals surface area contributed by atoms with Gasteiger partial charge in [-0.05, 0) is 48.8 Å². The van der Waals surface area contributed by atoms with Gasteiger partial charge in [-0.15, -0.1) is 0 Å². The molecule has 10 heteroatoms.